The Labute approximate surface area is 99.0 Å². The molecule has 0 heterocycles. The zero-order valence-corrected chi connectivity index (χ0v) is 9.37. The van der Waals surface area contributed by atoms with Crippen molar-refractivity contribution in [1.29, 1.82) is 0 Å². The molecule has 0 aliphatic heterocycles. The molecule has 1 unspecified atom stereocenters. The van der Waals surface area contributed by atoms with E-state index in [1.165, 1.54) is 12.1 Å². The average Bonchev–Trinajstić information content (AvgIpc) is 2.34. The molecular weight excluding hydrogens is 224 g/mol. The zero-order valence-electron chi connectivity index (χ0n) is 9.37. The number of nitrogens with one attached hydrogen (secondary N) is 1. The lowest BCUT2D eigenvalue weighted by atomic mass is 10.1. The Morgan fingerprint density at radius 1 is 1.35 bits per heavy atom. The maximum absolute atomic E-state index is 10.4. The molecule has 0 saturated heterocycles. The first-order valence-corrected chi connectivity index (χ1v) is 5.36. The Morgan fingerprint density at radius 3 is 2.53 bits per heavy atom. The van der Waals surface area contributed by atoms with Crippen LogP contribution in [0.5, 0.6) is 0 Å². The molecule has 1 rings (SSSR count). The van der Waals surface area contributed by atoms with Crippen LogP contribution < -0.4 is 5.32 Å². The third kappa shape index (κ3) is 4.90. The zero-order chi connectivity index (χ0) is 12.7. The van der Waals surface area contributed by atoms with Gasteiger partial charge in [0.25, 0.3) is 5.69 Å². The van der Waals surface area contributed by atoms with Crippen LogP contribution in [0, 0.1) is 10.1 Å². The molecule has 1 aromatic rings. The van der Waals surface area contributed by atoms with Gasteiger partial charge >= 0.3 is 0 Å². The number of nitrogens with zero attached hydrogens (tertiary/aromatic N) is 1. The first kappa shape index (κ1) is 13.6. The van der Waals surface area contributed by atoms with Crippen LogP contribution >= 0.6 is 0 Å². The number of nitro benzene ring substituents is 1. The Balaban J connectivity index is 2.30. The van der Waals surface area contributed by atoms with E-state index in [1.54, 1.807) is 12.1 Å². The highest BCUT2D eigenvalue weighted by molar-refractivity contribution is 5.32. The van der Waals surface area contributed by atoms with Gasteiger partial charge in [0.2, 0.25) is 0 Å². The van der Waals surface area contributed by atoms with Crippen LogP contribution in [-0.4, -0.2) is 40.9 Å². The number of nitro groups is 1. The number of rotatable bonds is 7. The number of benzene rings is 1. The Morgan fingerprint density at radius 2 is 2.00 bits per heavy atom. The molecule has 94 valence electrons. The van der Waals surface area contributed by atoms with Gasteiger partial charge in [-0.3, -0.25) is 10.1 Å². The number of non-ortho nitro benzene ring substituents is 1. The monoisotopic (exact) mass is 240 g/mol. The summed E-state index contributed by atoms with van der Waals surface area (Å²) in [6, 6.07) is 6.36. The fourth-order valence-corrected chi connectivity index (χ4v) is 1.35. The number of aliphatic hydroxyl groups is 2. The highest BCUT2D eigenvalue weighted by atomic mass is 16.6. The predicted molar refractivity (Wildman–Crippen MR) is 62.8 cm³/mol. The van der Waals surface area contributed by atoms with Crippen LogP contribution in [0.25, 0.3) is 0 Å². The molecule has 0 amide bonds. The molecule has 17 heavy (non-hydrogen) atoms. The average molecular weight is 240 g/mol. The molecule has 1 atom stereocenters. The quantitative estimate of drug-likeness (QED) is 0.356. The van der Waals surface area contributed by atoms with Gasteiger partial charge in [-0.2, -0.15) is 0 Å². The summed E-state index contributed by atoms with van der Waals surface area (Å²) >= 11 is 0. The van der Waals surface area contributed by atoms with Crippen molar-refractivity contribution in [1.82, 2.24) is 5.32 Å². The van der Waals surface area contributed by atoms with E-state index in [1.807, 2.05) is 0 Å². The summed E-state index contributed by atoms with van der Waals surface area (Å²) in [7, 11) is 0. The molecule has 0 spiro atoms. The highest BCUT2D eigenvalue weighted by Crippen LogP contribution is 2.11. The van der Waals surface area contributed by atoms with Crippen molar-refractivity contribution in [2.45, 2.75) is 12.5 Å². The molecule has 0 bridgehead atoms. The molecule has 0 aliphatic carbocycles. The lowest BCUT2D eigenvalue weighted by Gasteiger charge is -2.08. The number of hydrogen-bond donors (Lipinski definition) is 3. The maximum atomic E-state index is 10.4. The van der Waals surface area contributed by atoms with E-state index in [4.69, 9.17) is 10.2 Å². The van der Waals surface area contributed by atoms with Gasteiger partial charge in [0.1, 0.15) is 0 Å². The molecule has 0 fully saturated rings. The van der Waals surface area contributed by atoms with Crippen molar-refractivity contribution < 1.29 is 15.1 Å². The van der Waals surface area contributed by atoms with Crippen molar-refractivity contribution in [2.75, 3.05) is 19.7 Å². The standard InChI is InChI=1S/C11H16N2O4/c14-8-11(15)7-12-6-5-9-1-3-10(4-2-9)13(16)17/h1-4,11-12,14-15H,5-8H2. The number of hydrogen-bond acceptors (Lipinski definition) is 5. The second-order valence-electron chi connectivity index (χ2n) is 3.71. The third-order valence-corrected chi connectivity index (χ3v) is 2.33. The van der Waals surface area contributed by atoms with Gasteiger partial charge in [0, 0.05) is 18.7 Å². The fraction of sp³-hybridized carbons (Fsp3) is 0.455. The summed E-state index contributed by atoms with van der Waals surface area (Å²) in [5.41, 5.74) is 1.07. The van der Waals surface area contributed by atoms with E-state index in [9.17, 15) is 10.1 Å². The van der Waals surface area contributed by atoms with E-state index in [-0.39, 0.29) is 12.3 Å². The van der Waals surface area contributed by atoms with E-state index >= 15 is 0 Å². The second kappa shape index (κ2) is 6.95. The lowest BCUT2D eigenvalue weighted by molar-refractivity contribution is -0.384. The molecule has 1 aromatic carbocycles. The van der Waals surface area contributed by atoms with Crippen LogP contribution in [-0.2, 0) is 6.42 Å². The molecule has 0 aliphatic rings. The normalized spacial score (nSPS) is 12.4. The van der Waals surface area contributed by atoms with Crippen LogP contribution in [0.1, 0.15) is 5.56 Å². The summed E-state index contributed by atoms with van der Waals surface area (Å²) in [6.45, 7) is 0.725. The fourth-order valence-electron chi connectivity index (χ4n) is 1.35. The minimum absolute atomic E-state index is 0.0809. The van der Waals surface area contributed by atoms with Gasteiger partial charge in [-0.25, -0.2) is 0 Å². The number of aliphatic hydroxyl groups excluding tert-OH is 2. The van der Waals surface area contributed by atoms with Crippen molar-refractivity contribution in [3.63, 3.8) is 0 Å². The summed E-state index contributed by atoms with van der Waals surface area (Å²) in [6.07, 6.45) is -0.0253. The Kier molecular flexibility index (Phi) is 5.55. The predicted octanol–water partition coefficient (Wildman–Crippen LogP) is 0.0801. The van der Waals surface area contributed by atoms with E-state index in [0.29, 0.717) is 13.1 Å². The molecule has 0 aromatic heterocycles. The first-order valence-electron chi connectivity index (χ1n) is 5.36. The SMILES string of the molecule is O=[N+]([O-])c1ccc(CCNCC(O)CO)cc1. The molecule has 3 N–H and O–H groups in total. The molecular formula is C11H16N2O4. The summed E-state index contributed by atoms with van der Waals surface area (Å²) in [5.74, 6) is 0. The van der Waals surface area contributed by atoms with Crippen LogP contribution in [0.4, 0.5) is 5.69 Å². The first-order chi connectivity index (χ1) is 8.13. The van der Waals surface area contributed by atoms with E-state index in [0.717, 1.165) is 12.0 Å². The highest BCUT2D eigenvalue weighted by Gasteiger charge is 2.04. The molecule has 6 heteroatoms. The van der Waals surface area contributed by atoms with Crippen LogP contribution in [0.15, 0.2) is 24.3 Å². The minimum atomic E-state index is -0.744. The van der Waals surface area contributed by atoms with Crippen LogP contribution in [0.3, 0.4) is 0 Å². The van der Waals surface area contributed by atoms with Gasteiger partial charge in [0.05, 0.1) is 17.6 Å². The maximum Gasteiger partial charge on any atom is 0.269 e. The van der Waals surface area contributed by atoms with Crippen LogP contribution in [0.2, 0.25) is 0 Å². The van der Waals surface area contributed by atoms with Crippen molar-refractivity contribution in [3.05, 3.63) is 39.9 Å². The van der Waals surface area contributed by atoms with Crippen molar-refractivity contribution >= 4 is 5.69 Å². The van der Waals surface area contributed by atoms with Crippen molar-refractivity contribution in [3.8, 4) is 0 Å². The molecule has 0 saturated carbocycles. The molecule has 0 radical (unpaired) electrons. The Bertz CT molecular complexity index is 353. The topological polar surface area (TPSA) is 95.6 Å². The van der Waals surface area contributed by atoms with Gasteiger partial charge in [-0.15, -0.1) is 0 Å². The lowest BCUT2D eigenvalue weighted by Crippen LogP contribution is -2.30. The van der Waals surface area contributed by atoms with Gasteiger partial charge < -0.3 is 15.5 Å². The van der Waals surface area contributed by atoms with E-state index < -0.39 is 11.0 Å². The third-order valence-electron chi connectivity index (χ3n) is 2.33. The second-order valence-corrected chi connectivity index (χ2v) is 3.71. The summed E-state index contributed by atoms with van der Waals surface area (Å²) in [5, 5.41) is 31.0. The summed E-state index contributed by atoms with van der Waals surface area (Å²) in [4.78, 5) is 9.99. The largest absolute Gasteiger partial charge is 0.394 e. The van der Waals surface area contributed by atoms with Crippen molar-refractivity contribution in [2.24, 2.45) is 0 Å². The molecule has 6 nitrogen and oxygen atoms in total. The van der Waals surface area contributed by atoms with Gasteiger partial charge in [-0.05, 0) is 18.5 Å². The minimum Gasteiger partial charge on any atom is -0.394 e. The summed E-state index contributed by atoms with van der Waals surface area (Å²) < 4.78 is 0. The van der Waals surface area contributed by atoms with Gasteiger partial charge in [-0.1, -0.05) is 12.1 Å². The smallest absolute Gasteiger partial charge is 0.269 e. The van der Waals surface area contributed by atoms with E-state index in [2.05, 4.69) is 5.32 Å². The van der Waals surface area contributed by atoms with Gasteiger partial charge in [0.15, 0.2) is 0 Å². The Hall–Kier alpha value is -1.50.